The van der Waals surface area contributed by atoms with Crippen LogP contribution in [0.4, 0.5) is 5.69 Å². The van der Waals surface area contributed by atoms with Gasteiger partial charge in [0.15, 0.2) is 0 Å². The Morgan fingerprint density at radius 1 is 1.40 bits per heavy atom. The van der Waals surface area contributed by atoms with Gasteiger partial charge in [0.2, 0.25) is 5.91 Å². The molecule has 0 unspecified atom stereocenters. The molecule has 0 aliphatic carbocycles. The Bertz CT molecular complexity index is 482. The molecule has 0 radical (unpaired) electrons. The Morgan fingerprint density at radius 3 is 2.65 bits per heavy atom. The van der Waals surface area contributed by atoms with E-state index in [1.807, 2.05) is 12.1 Å². The maximum atomic E-state index is 12.2. The summed E-state index contributed by atoms with van der Waals surface area (Å²) < 4.78 is 6.50. The SMILES string of the molecule is O=C([O-])C[C@H](C(=O)Nc1ccc(I)cc1)[C@@H]1CCCO1. The lowest BCUT2D eigenvalue weighted by Crippen LogP contribution is -2.38. The van der Waals surface area contributed by atoms with Gasteiger partial charge in [-0.05, 0) is 59.7 Å². The van der Waals surface area contributed by atoms with E-state index in [1.165, 1.54) is 0 Å². The minimum Gasteiger partial charge on any atom is -0.550 e. The zero-order chi connectivity index (χ0) is 14.5. The van der Waals surface area contributed by atoms with Crippen molar-refractivity contribution >= 4 is 40.2 Å². The van der Waals surface area contributed by atoms with E-state index in [1.54, 1.807) is 12.1 Å². The molecule has 0 aromatic heterocycles. The smallest absolute Gasteiger partial charge is 0.230 e. The number of carboxylic acids is 1. The van der Waals surface area contributed by atoms with Crippen molar-refractivity contribution in [2.75, 3.05) is 11.9 Å². The summed E-state index contributed by atoms with van der Waals surface area (Å²) in [7, 11) is 0. The van der Waals surface area contributed by atoms with Gasteiger partial charge >= 0.3 is 0 Å². The molecule has 1 aromatic rings. The topological polar surface area (TPSA) is 78.5 Å². The highest BCUT2D eigenvalue weighted by Gasteiger charge is 2.31. The van der Waals surface area contributed by atoms with Gasteiger partial charge in [0, 0.05) is 28.3 Å². The third-order valence-electron chi connectivity index (χ3n) is 3.25. The van der Waals surface area contributed by atoms with Gasteiger partial charge < -0.3 is 20.0 Å². The fourth-order valence-electron chi connectivity index (χ4n) is 2.26. The van der Waals surface area contributed by atoms with E-state index in [9.17, 15) is 14.7 Å². The first-order chi connectivity index (χ1) is 9.56. The van der Waals surface area contributed by atoms with E-state index in [-0.39, 0.29) is 18.4 Å². The summed E-state index contributed by atoms with van der Waals surface area (Å²) in [5, 5.41) is 13.6. The fourth-order valence-corrected chi connectivity index (χ4v) is 2.62. The number of halogens is 1. The van der Waals surface area contributed by atoms with Gasteiger partial charge in [-0.25, -0.2) is 0 Å². The fraction of sp³-hybridized carbons (Fsp3) is 0.429. The van der Waals surface area contributed by atoms with Crippen LogP contribution in [-0.2, 0) is 14.3 Å². The van der Waals surface area contributed by atoms with Crippen LogP contribution in [0, 0.1) is 9.49 Å². The van der Waals surface area contributed by atoms with Crippen molar-refractivity contribution in [2.45, 2.75) is 25.4 Å². The summed E-state index contributed by atoms with van der Waals surface area (Å²) in [6.07, 6.45) is 0.904. The lowest BCUT2D eigenvalue weighted by Gasteiger charge is -2.22. The van der Waals surface area contributed by atoms with Crippen LogP contribution in [0.15, 0.2) is 24.3 Å². The van der Waals surface area contributed by atoms with Crippen LogP contribution in [0.1, 0.15) is 19.3 Å². The summed E-state index contributed by atoms with van der Waals surface area (Å²) in [6.45, 7) is 0.574. The number of carboxylic acid groups (broad SMARTS) is 1. The minimum atomic E-state index is -1.23. The van der Waals surface area contributed by atoms with Gasteiger partial charge in [-0.2, -0.15) is 0 Å². The normalized spacial score (nSPS) is 19.6. The van der Waals surface area contributed by atoms with Crippen LogP contribution in [0.25, 0.3) is 0 Å². The molecular formula is C14H15INO4-. The number of carbonyl (C=O) groups is 2. The second kappa shape index (κ2) is 7.03. The maximum Gasteiger partial charge on any atom is 0.230 e. The van der Waals surface area contributed by atoms with E-state index < -0.39 is 11.9 Å². The van der Waals surface area contributed by atoms with Gasteiger partial charge in [-0.1, -0.05) is 0 Å². The first-order valence-electron chi connectivity index (χ1n) is 6.44. The number of nitrogens with one attached hydrogen (secondary N) is 1. The van der Waals surface area contributed by atoms with Crippen molar-refractivity contribution in [2.24, 2.45) is 5.92 Å². The quantitative estimate of drug-likeness (QED) is 0.769. The van der Waals surface area contributed by atoms with E-state index in [4.69, 9.17) is 4.74 Å². The van der Waals surface area contributed by atoms with E-state index in [2.05, 4.69) is 27.9 Å². The first-order valence-corrected chi connectivity index (χ1v) is 7.52. The molecule has 6 heteroatoms. The third-order valence-corrected chi connectivity index (χ3v) is 3.97. The lowest BCUT2D eigenvalue weighted by molar-refractivity contribution is -0.307. The lowest BCUT2D eigenvalue weighted by atomic mass is 9.95. The molecule has 1 amide bonds. The molecule has 1 saturated heterocycles. The number of amides is 1. The van der Waals surface area contributed by atoms with Crippen LogP contribution < -0.4 is 10.4 Å². The highest BCUT2D eigenvalue weighted by molar-refractivity contribution is 14.1. The molecule has 20 heavy (non-hydrogen) atoms. The first kappa shape index (κ1) is 15.2. The molecular weight excluding hydrogens is 373 g/mol. The van der Waals surface area contributed by atoms with E-state index in [0.717, 1.165) is 9.99 Å². The van der Waals surface area contributed by atoms with Crippen LogP contribution in [0.5, 0.6) is 0 Å². The van der Waals surface area contributed by atoms with Crippen LogP contribution >= 0.6 is 22.6 Å². The molecule has 1 aliphatic heterocycles. The number of carbonyl (C=O) groups excluding carboxylic acids is 2. The number of aliphatic carboxylic acids is 1. The Balaban J connectivity index is 2.05. The van der Waals surface area contributed by atoms with E-state index in [0.29, 0.717) is 18.7 Å². The molecule has 0 saturated carbocycles. The summed E-state index contributed by atoms with van der Waals surface area (Å²) >= 11 is 2.17. The molecule has 1 heterocycles. The zero-order valence-electron chi connectivity index (χ0n) is 10.8. The molecule has 5 nitrogen and oxygen atoms in total. The monoisotopic (exact) mass is 388 g/mol. The number of ether oxygens (including phenoxy) is 1. The average molecular weight is 388 g/mol. The second-order valence-electron chi connectivity index (χ2n) is 4.73. The standard InChI is InChI=1S/C14H16INO4/c15-9-3-5-10(6-4-9)16-14(19)11(8-13(17)18)12-2-1-7-20-12/h3-6,11-12H,1-2,7-8H2,(H,16,19)(H,17,18)/p-1/t11-,12-/m0/s1. The third kappa shape index (κ3) is 4.17. The number of hydrogen-bond acceptors (Lipinski definition) is 4. The minimum absolute atomic E-state index is 0.319. The van der Waals surface area contributed by atoms with Crippen LogP contribution in [0.3, 0.4) is 0 Å². The Labute approximate surface area is 130 Å². The Morgan fingerprint density at radius 2 is 2.10 bits per heavy atom. The number of anilines is 1. The van der Waals surface area contributed by atoms with Crippen molar-refractivity contribution in [3.63, 3.8) is 0 Å². The molecule has 0 spiro atoms. The van der Waals surface area contributed by atoms with Crippen molar-refractivity contribution in [3.05, 3.63) is 27.8 Å². The molecule has 1 fully saturated rings. The summed E-state index contributed by atoms with van der Waals surface area (Å²) in [4.78, 5) is 23.1. The number of hydrogen-bond donors (Lipinski definition) is 1. The largest absolute Gasteiger partial charge is 0.550 e. The predicted molar refractivity (Wildman–Crippen MR) is 79.9 cm³/mol. The zero-order valence-corrected chi connectivity index (χ0v) is 13.0. The molecule has 1 aromatic carbocycles. The Kier molecular flexibility index (Phi) is 5.36. The van der Waals surface area contributed by atoms with Crippen molar-refractivity contribution in [1.29, 1.82) is 0 Å². The average Bonchev–Trinajstić information content (AvgIpc) is 2.92. The van der Waals surface area contributed by atoms with Gasteiger partial charge in [-0.15, -0.1) is 0 Å². The van der Waals surface area contributed by atoms with Gasteiger partial charge in [0.25, 0.3) is 0 Å². The van der Waals surface area contributed by atoms with Crippen LogP contribution in [0.2, 0.25) is 0 Å². The van der Waals surface area contributed by atoms with Gasteiger partial charge in [0.05, 0.1) is 12.0 Å². The molecule has 108 valence electrons. The molecule has 2 rings (SSSR count). The summed E-state index contributed by atoms with van der Waals surface area (Å²) in [6, 6.07) is 7.31. The highest BCUT2D eigenvalue weighted by atomic mass is 127. The van der Waals surface area contributed by atoms with Crippen molar-refractivity contribution < 1.29 is 19.4 Å². The van der Waals surface area contributed by atoms with Crippen molar-refractivity contribution in [1.82, 2.24) is 0 Å². The predicted octanol–water partition coefficient (Wildman–Crippen LogP) is 1.16. The molecule has 2 atom stereocenters. The van der Waals surface area contributed by atoms with Crippen LogP contribution in [-0.4, -0.2) is 24.6 Å². The number of benzene rings is 1. The van der Waals surface area contributed by atoms with Gasteiger partial charge in [0.1, 0.15) is 0 Å². The molecule has 0 bridgehead atoms. The molecule has 1 N–H and O–H groups in total. The summed E-state index contributed by atoms with van der Waals surface area (Å²) in [5.41, 5.74) is 0.650. The second-order valence-corrected chi connectivity index (χ2v) is 5.98. The highest BCUT2D eigenvalue weighted by Crippen LogP contribution is 2.24. The number of rotatable bonds is 5. The van der Waals surface area contributed by atoms with Crippen molar-refractivity contribution in [3.8, 4) is 0 Å². The van der Waals surface area contributed by atoms with Gasteiger partial charge in [-0.3, -0.25) is 4.79 Å². The Hall–Kier alpha value is -1.15. The maximum absolute atomic E-state index is 12.2. The molecule has 1 aliphatic rings. The van der Waals surface area contributed by atoms with E-state index >= 15 is 0 Å². The summed E-state index contributed by atoms with van der Waals surface area (Å²) in [5.74, 6) is -2.27.